The van der Waals surface area contributed by atoms with Gasteiger partial charge in [0.1, 0.15) is 5.65 Å². The average molecular weight is 208 g/mol. The molecule has 0 saturated heterocycles. The summed E-state index contributed by atoms with van der Waals surface area (Å²) in [6.45, 7) is 2.10. The molecule has 2 nitrogen and oxygen atoms in total. The zero-order chi connectivity index (χ0) is 11.0. The molecule has 0 spiro atoms. The predicted octanol–water partition coefficient (Wildman–Crippen LogP) is 3.31. The van der Waals surface area contributed by atoms with Crippen molar-refractivity contribution in [3.8, 4) is 11.3 Å². The highest BCUT2D eigenvalue weighted by atomic mass is 15.0. The molecule has 3 rings (SSSR count). The van der Waals surface area contributed by atoms with E-state index in [0.717, 1.165) is 11.3 Å². The fourth-order valence-electron chi connectivity index (χ4n) is 1.95. The van der Waals surface area contributed by atoms with Crippen LogP contribution in [0.15, 0.2) is 54.9 Å². The van der Waals surface area contributed by atoms with Crippen LogP contribution in [-0.2, 0) is 0 Å². The Hall–Kier alpha value is -2.09. The highest BCUT2D eigenvalue weighted by Crippen LogP contribution is 2.21. The fraction of sp³-hybridized carbons (Fsp3) is 0.0714. The Bertz CT molecular complexity index is 638. The summed E-state index contributed by atoms with van der Waals surface area (Å²) in [7, 11) is 0. The Morgan fingerprint density at radius 2 is 2.00 bits per heavy atom. The molecule has 16 heavy (non-hydrogen) atoms. The standard InChI is InChI=1S/C14H12N2/c1-11-5-4-6-12(9-11)13-10-15-14-7-2-3-8-16(13)14/h2-10H,1H3. The van der Waals surface area contributed by atoms with E-state index in [-0.39, 0.29) is 0 Å². The first-order valence-electron chi connectivity index (χ1n) is 5.34. The van der Waals surface area contributed by atoms with Gasteiger partial charge >= 0.3 is 0 Å². The number of rotatable bonds is 1. The minimum Gasteiger partial charge on any atom is -0.300 e. The SMILES string of the molecule is Cc1cccc(-c2cnc3ccccn23)c1. The third-order valence-electron chi connectivity index (χ3n) is 2.73. The first-order chi connectivity index (χ1) is 7.84. The lowest BCUT2D eigenvalue weighted by molar-refractivity contribution is 1.19. The van der Waals surface area contributed by atoms with Crippen LogP contribution >= 0.6 is 0 Å². The van der Waals surface area contributed by atoms with E-state index in [9.17, 15) is 0 Å². The highest BCUT2D eigenvalue weighted by Gasteiger charge is 2.04. The zero-order valence-electron chi connectivity index (χ0n) is 9.09. The molecule has 0 saturated carbocycles. The van der Waals surface area contributed by atoms with Crippen LogP contribution in [0.25, 0.3) is 16.9 Å². The van der Waals surface area contributed by atoms with Crippen molar-refractivity contribution in [3.05, 3.63) is 60.4 Å². The summed E-state index contributed by atoms with van der Waals surface area (Å²) in [6, 6.07) is 14.5. The quantitative estimate of drug-likeness (QED) is 0.599. The maximum Gasteiger partial charge on any atom is 0.137 e. The van der Waals surface area contributed by atoms with Crippen molar-refractivity contribution in [2.75, 3.05) is 0 Å². The molecule has 2 aromatic heterocycles. The lowest BCUT2D eigenvalue weighted by Gasteiger charge is -2.02. The van der Waals surface area contributed by atoms with Gasteiger partial charge in [0.15, 0.2) is 0 Å². The van der Waals surface area contributed by atoms with E-state index in [1.165, 1.54) is 11.1 Å². The van der Waals surface area contributed by atoms with E-state index in [0.29, 0.717) is 0 Å². The molecular weight excluding hydrogens is 196 g/mol. The number of imidazole rings is 1. The Balaban J connectivity index is 2.26. The minimum atomic E-state index is 0.985. The predicted molar refractivity (Wildman–Crippen MR) is 65.4 cm³/mol. The van der Waals surface area contributed by atoms with Gasteiger partial charge in [-0.2, -0.15) is 0 Å². The van der Waals surface area contributed by atoms with Crippen LogP contribution in [0.3, 0.4) is 0 Å². The number of aromatic nitrogens is 2. The van der Waals surface area contributed by atoms with Gasteiger partial charge in [-0.1, -0.05) is 29.8 Å². The van der Waals surface area contributed by atoms with Gasteiger partial charge in [0, 0.05) is 11.8 Å². The van der Waals surface area contributed by atoms with Crippen molar-refractivity contribution in [2.45, 2.75) is 6.92 Å². The monoisotopic (exact) mass is 208 g/mol. The van der Waals surface area contributed by atoms with Crippen LogP contribution in [0.1, 0.15) is 5.56 Å². The highest BCUT2D eigenvalue weighted by molar-refractivity contribution is 5.64. The second-order valence-electron chi connectivity index (χ2n) is 3.94. The van der Waals surface area contributed by atoms with Gasteiger partial charge in [-0.25, -0.2) is 4.98 Å². The molecule has 3 aromatic rings. The van der Waals surface area contributed by atoms with Crippen molar-refractivity contribution in [2.24, 2.45) is 0 Å². The zero-order valence-corrected chi connectivity index (χ0v) is 9.09. The van der Waals surface area contributed by atoms with Gasteiger partial charge < -0.3 is 0 Å². The molecule has 0 fully saturated rings. The smallest absolute Gasteiger partial charge is 0.137 e. The van der Waals surface area contributed by atoms with Gasteiger partial charge in [-0.3, -0.25) is 4.40 Å². The van der Waals surface area contributed by atoms with Crippen LogP contribution in [0.5, 0.6) is 0 Å². The first-order valence-corrected chi connectivity index (χ1v) is 5.34. The molecule has 0 radical (unpaired) electrons. The third-order valence-corrected chi connectivity index (χ3v) is 2.73. The van der Waals surface area contributed by atoms with Gasteiger partial charge in [-0.05, 0) is 25.1 Å². The maximum absolute atomic E-state index is 4.39. The van der Waals surface area contributed by atoms with Crippen LogP contribution in [0, 0.1) is 6.92 Å². The van der Waals surface area contributed by atoms with E-state index in [4.69, 9.17) is 0 Å². The Labute approximate surface area is 94.2 Å². The summed E-state index contributed by atoms with van der Waals surface area (Å²) in [5.41, 5.74) is 4.60. The normalized spacial score (nSPS) is 10.8. The van der Waals surface area contributed by atoms with E-state index in [2.05, 4.69) is 40.6 Å². The van der Waals surface area contributed by atoms with Crippen LogP contribution in [0.2, 0.25) is 0 Å². The lowest BCUT2D eigenvalue weighted by Crippen LogP contribution is -1.87. The van der Waals surface area contributed by atoms with Crippen molar-refractivity contribution >= 4 is 5.65 Å². The number of pyridine rings is 1. The molecule has 0 bridgehead atoms. The molecule has 0 aliphatic rings. The molecule has 0 N–H and O–H groups in total. The molecule has 2 heteroatoms. The molecule has 1 aromatic carbocycles. The summed E-state index contributed by atoms with van der Waals surface area (Å²) in [6.07, 6.45) is 3.96. The molecule has 0 aliphatic heterocycles. The van der Waals surface area contributed by atoms with Crippen molar-refractivity contribution in [1.82, 2.24) is 9.38 Å². The number of hydrogen-bond donors (Lipinski definition) is 0. The van der Waals surface area contributed by atoms with Crippen LogP contribution in [0.4, 0.5) is 0 Å². The lowest BCUT2D eigenvalue weighted by atomic mass is 10.1. The second-order valence-corrected chi connectivity index (χ2v) is 3.94. The van der Waals surface area contributed by atoms with E-state index >= 15 is 0 Å². The van der Waals surface area contributed by atoms with E-state index in [1.807, 2.05) is 30.6 Å². The van der Waals surface area contributed by atoms with Gasteiger partial charge in [0.25, 0.3) is 0 Å². The van der Waals surface area contributed by atoms with E-state index < -0.39 is 0 Å². The van der Waals surface area contributed by atoms with Crippen LogP contribution in [-0.4, -0.2) is 9.38 Å². The topological polar surface area (TPSA) is 17.3 Å². The van der Waals surface area contributed by atoms with Crippen molar-refractivity contribution < 1.29 is 0 Å². The minimum absolute atomic E-state index is 0.985. The first kappa shape index (κ1) is 9.16. The van der Waals surface area contributed by atoms with E-state index in [1.54, 1.807) is 0 Å². The third kappa shape index (κ3) is 1.39. The summed E-state index contributed by atoms with van der Waals surface area (Å²) >= 11 is 0. The molecule has 0 aliphatic carbocycles. The molecule has 0 amide bonds. The summed E-state index contributed by atoms with van der Waals surface area (Å²) in [5, 5.41) is 0. The fourth-order valence-corrected chi connectivity index (χ4v) is 1.95. The average Bonchev–Trinajstić information content (AvgIpc) is 2.72. The Kier molecular flexibility index (Phi) is 2.00. The maximum atomic E-state index is 4.39. The number of nitrogens with zero attached hydrogens (tertiary/aromatic N) is 2. The number of aryl methyl sites for hydroxylation is 1. The second kappa shape index (κ2) is 3.49. The summed E-state index contributed by atoms with van der Waals surface area (Å²) < 4.78 is 2.11. The number of benzene rings is 1. The largest absolute Gasteiger partial charge is 0.300 e. The molecule has 78 valence electrons. The Morgan fingerprint density at radius 1 is 1.06 bits per heavy atom. The van der Waals surface area contributed by atoms with Crippen molar-refractivity contribution in [1.29, 1.82) is 0 Å². The van der Waals surface area contributed by atoms with Gasteiger partial charge in [0.2, 0.25) is 0 Å². The van der Waals surface area contributed by atoms with Crippen LogP contribution < -0.4 is 0 Å². The summed E-state index contributed by atoms with van der Waals surface area (Å²) in [5.74, 6) is 0. The molecule has 0 unspecified atom stereocenters. The van der Waals surface area contributed by atoms with Gasteiger partial charge in [0.05, 0.1) is 11.9 Å². The van der Waals surface area contributed by atoms with Gasteiger partial charge in [-0.15, -0.1) is 0 Å². The summed E-state index contributed by atoms with van der Waals surface area (Å²) in [4.78, 5) is 4.39. The Morgan fingerprint density at radius 3 is 2.88 bits per heavy atom. The number of fused-ring (bicyclic) bond motifs is 1. The van der Waals surface area contributed by atoms with Crippen molar-refractivity contribution in [3.63, 3.8) is 0 Å². The molecule has 0 atom stereocenters. The number of hydrogen-bond acceptors (Lipinski definition) is 1. The molecular formula is C14H12N2. The molecule has 2 heterocycles.